The molecule has 3 atom stereocenters. The minimum atomic E-state index is -4.42. The van der Waals surface area contributed by atoms with Gasteiger partial charge in [-0.25, -0.2) is 9.97 Å². The van der Waals surface area contributed by atoms with Crippen molar-refractivity contribution in [2.45, 2.75) is 31.1 Å². The zero-order valence-corrected chi connectivity index (χ0v) is 17.0. The fraction of sp³-hybridized carbons (Fsp3) is 0.333. The molecule has 31 heavy (non-hydrogen) atoms. The Kier molecular flexibility index (Phi) is 4.88. The maximum Gasteiger partial charge on any atom is 0.417 e. The molecule has 1 aliphatic carbocycles. The van der Waals surface area contributed by atoms with Gasteiger partial charge in [0.15, 0.2) is 0 Å². The molecule has 6 nitrogen and oxygen atoms in total. The van der Waals surface area contributed by atoms with Crippen molar-refractivity contribution >= 4 is 23.1 Å². The number of likely N-dealkylation sites (tertiary alicyclic amines) is 1. The van der Waals surface area contributed by atoms with Gasteiger partial charge in [-0.15, -0.1) is 11.3 Å². The molecule has 0 spiro atoms. The second-order valence-electron chi connectivity index (χ2n) is 7.78. The quantitative estimate of drug-likeness (QED) is 0.647. The Balaban J connectivity index is 1.35. The van der Waals surface area contributed by atoms with Gasteiger partial charge in [-0.05, 0) is 43.0 Å². The van der Waals surface area contributed by atoms with Crippen LogP contribution < -0.4 is 5.32 Å². The van der Waals surface area contributed by atoms with Crippen LogP contribution in [0.25, 0.3) is 10.6 Å². The molecule has 10 heteroatoms. The summed E-state index contributed by atoms with van der Waals surface area (Å²) in [5.74, 6) is 0.567. The van der Waals surface area contributed by atoms with Crippen LogP contribution in [0.2, 0.25) is 0 Å². The molecule has 2 fully saturated rings. The fourth-order valence-electron chi connectivity index (χ4n) is 4.49. The lowest BCUT2D eigenvalue weighted by Crippen LogP contribution is -2.48. The summed E-state index contributed by atoms with van der Waals surface area (Å²) in [4.78, 5) is 27.8. The van der Waals surface area contributed by atoms with E-state index in [2.05, 4.69) is 20.3 Å². The van der Waals surface area contributed by atoms with Gasteiger partial charge in [-0.1, -0.05) is 0 Å². The first-order chi connectivity index (χ1) is 14.9. The van der Waals surface area contributed by atoms with Gasteiger partial charge in [0, 0.05) is 42.1 Å². The highest BCUT2D eigenvalue weighted by atomic mass is 32.1. The van der Waals surface area contributed by atoms with E-state index < -0.39 is 11.7 Å². The van der Waals surface area contributed by atoms with Gasteiger partial charge in [-0.3, -0.25) is 9.78 Å². The third-order valence-corrected chi connectivity index (χ3v) is 6.65. The number of hydrogen-bond donors (Lipinski definition) is 1. The van der Waals surface area contributed by atoms with Crippen LogP contribution >= 0.6 is 11.3 Å². The van der Waals surface area contributed by atoms with Crippen LogP contribution in [0.5, 0.6) is 0 Å². The second kappa shape index (κ2) is 7.60. The first-order valence-corrected chi connectivity index (χ1v) is 10.7. The number of aromatic nitrogens is 3. The van der Waals surface area contributed by atoms with E-state index >= 15 is 0 Å². The lowest BCUT2D eigenvalue weighted by molar-refractivity contribution is -0.137. The molecule has 1 amide bonds. The number of hydrogen-bond acceptors (Lipinski definition) is 6. The normalized spacial score (nSPS) is 22.7. The number of nitrogens with one attached hydrogen (secondary N) is 1. The fourth-order valence-corrected chi connectivity index (χ4v) is 5.16. The van der Waals surface area contributed by atoms with Crippen LogP contribution in [-0.4, -0.2) is 44.4 Å². The van der Waals surface area contributed by atoms with Crippen LogP contribution in [0.4, 0.5) is 19.0 Å². The Morgan fingerprint density at radius 3 is 2.68 bits per heavy atom. The number of halogens is 3. The van der Waals surface area contributed by atoms with Gasteiger partial charge < -0.3 is 10.2 Å². The maximum absolute atomic E-state index is 13.4. The SMILES string of the molecule is O=C(c1ncccc1-c1nccs1)N1C[C@H]2C[C@@H](Nc3ccc(C(F)(F)F)cn3)[C@@H]1C2. The number of anilines is 1. The van der Waals surface area contributed by atoms with Crippen molar-refractivity contribution < 1.29 is 18.0 Å². The van der Waals surface area contributed by atoms with Gasteiger partial charge in [-0.2, -0.15) is 13.2 Å². The van der Waals surface area contributed by atoms with E-state index in [9.17, 15) is 18.0 Å². The predicted octanol–water partition coefficient (Wildman–Crippen LogP) is 4.33. The van der Waals surface area contributed by atoms with Crippen LogP contribution in [0.1, 0.15) is 28.9 Å². The molecule has 4 heterocycles. The lowest BCUT2D eigenvalue weighted by Gasteiger charge is -2.34. The van der Waals surface area contributed by atoms with Crippen molar-refractivity contribution in [1.82, 2.24) is 19.9 Å². The minimum absolute atomic E-state index is 0.0623. The third-order valence-electron chi connectivity index (χ3n) is 5.84. The number of piperidine rings is 1. The van der Waals surface area contributed by atoms with E-state index in [4.69, 9.17) is 0 Å². The largest absolute Gasteiger partial charge is 0.417 e. The molecular weight excluding hydrogens is 427 g/mol. The first kappa shape index (κ1) is 19.9. The number of amides is 1. The number of carbonyl (C=O) groups is 1. The molecular formula is C21H18F3N5OS. The van der Waals surface area contributed by atoms with Crippen molar-refractivity contribution in [3.63, 3.8) is 0 Å². The Hall–Kier alpha value is -3.01. The number of alkyl halides is 3. The van der Waals surface area contributed by atoms with Crippen molar-refractivity contribution in [1.29, 1.82) is 0 Å². The summed E-state index contributed by atoms with van der Waals surface area (Å²) in [5, 5.41) is 5.82. The van der Waals surface area contributed by atoms with Crippen molar-refractivity contribution in [3.05, 3.63) is 59.5 Å². The smallest absolute Gasteiger partial charge is 0.365 e. The van der Waals surface area contributed by atoms with E-state index in [-0.39, 0.29) is 18.0 Å². The summed E-state index contributed by atoms with van der Waals surface area (Å²) < 4.78 is 38.3. The number of thiazole rings is 1. The van der Waals surface area contributed by atoms with E-state index in [1.165, 1.54) is 17.4 Å². The maximum atomic E-state index is 13.4. The summed E-state index contributed by atoms with van der Waals surface area (Å²) in [6.45, 7) is 0.649. The van der Waals surface area contributed by atoms with Gasteiger partial charge in [0.2, 0.25) is 0 Å². The molecule has 2 bridgehead atoms. The second-order valence-corrected chi connectivity index (χ2v) is 8.67. The van der Waals surface area contributed by atoms with Crippen LogP contribution in [-0.2, 0) is 6.18 Å². The van der Waals surface area contributed by atoms with Gasteiger partial charge in [0.1, 0.15) is 16.5 Å². The molecule has 0 aromatic carbocycles. The molecule has 3 aromatic rings. The van der Waals surface area contributed by atoms with E-state index in [0.29, 0.717) is 29.5 Å². The Morgan fingerprint density at radius 2 is 2.00 bits per heavy atom. The molecule has 3 aromatic heterocycles. The summed E-state index contributed by atoms with van der Waals surface area (Å²) in [6, 6.07) is 5.84. The average Bonchev–Trinajstić information content (AvgIpc) is 3.50. The molecule has 1 saturated heterocycles. The Labute approximate surface area is 180 Å². The number of pyridine rings is 2. The standard InChI is InChI=1S/C21H18F3N5OS/c22-21(23,24)13-3-4-17(27-10-13)28-15-8-12-9-16(15)29(11-12)20(30)18-14(2-1-5-25-18)19-26-6-7-31-19/h1-7,10,12,15-16H,8-9,11H2,(H,27,28)/t12-,15+,16-/m0/s1. The van der Waals surface area contributed by atoms with Crippen LogP contribution in [0.3, 0.4) is 0 Å². The monoisotopic (exact) mass is 445 g/mol. The summed E-state index contributed by atoms with van der Waals surface area (Å²) in [7, 11) is 0. The van der Waals surface area contributed by atoms with Crippen LogP contribution in [0.15, 0.2) is 48.2 Å². The highest BCUT2D eigenvalue weighted by Crippen LogP contribution is 2.40. The molecule has 2 aliphatic rings. The predicted molar refractivity (Wildman–Crippen MR) is 110 cm³/mol. The highest BCUT2D eigenvalue weighted by Gasteiger charge is 2.47. The van der Waals surface area contributed by atoms with Gasteiger partial charge >= 0.3 is 6.18 Å². The average molecular weight is 445 g/mol. The Morgan fingerprint density at radius 1 is 1.13 bits per heavy atom. The Bertz CT molecular complexity index is 1090. The van der Waals surface area contributed by atoms with Gasteiger partial charge in [0.05, 0.1) is 11.6 Å². The number of rotatable bonds is 4. The highest BCUT2D eigenvalue weighted by molar-refractivity contribution is 7.13. The van der Waals surface area contributed by atoms with E-state index in [1.807, 2.05) is 16.3 Å². The zero-order chi connectivity index (χ0) is 21.6. The summed E-state index contributed by atoms with van der Waals surface area (Å²) >= 11 is 1.45. The topological polar surface area (TPSA) is 71.0 Å². The first-order valence-electron chi connectivity index (χ1n) is 9.86. The molecule has 160 valence electrons. The van der Waals surface area contributed by atoms with E-state index in [0.717, 1.165) is 30.1 Å². The minimum Gasteiger partial charge on any atom is -0.365 e. The lowest BCUT2D eigenvalue weighted by atomic mass is 10.0. The molecule has 0 radical (unpaired) electrons. The van der Waals surface area contributed by atoms with E-state index in [1.54, 1.807) is 18.5 Å². The van der Waals surface area contributed by atoms with Crippen molar-refractivity contribution in [2.75, 3.05) is 11.9 Å². The van der Waals surface area contributed by atoms with Crippen LogP contribution in [0, 0.1) is 5.92 Å². The molecule has 5 rings (SSSR count). The molecule has 1 saturated carbocycles. The molecule has 1 aliphatic heterocycles. The van der Waals surface area contributed by atoms with Crippen molar-refractivity contribution in [2.24, 2.45) is 5.92 Å². The third kappa shape index (κ3) is 3.76. The number of fused-ring (bicyclic) bond motifs is 2. The molecule has 1 N–H and O–H groups in total. The van der Waals surface area contributed by atoms with Crippen molar-refractivity contribution in [3.8, 4) is 10.6 Å². The summed E-state index contributed by atoms with van der Waals surface area (Å²) in [6.07, 6.45) is 1.39. The van der Waals surface area contributed by atoms with Gasteiger partial charge in [0.25, 0.3) is 5.91 Å². The number of carbonyl (C=O) groups excluding carboxylic acids is 1. The molecule has 0 unspecified atom stereocenters. The number of nitrogens with zero attached hydrogens (tertiary/aromatic N) is 4. The summed E-state index contributed by atoms with van der Waals surface area (Å²) in [5.41, 5.74) is 0.295. The zero-order valence-electron chi connectivity index (χ0n) is 16.2.